The lowest BCUT2D eigenvalue weighted by Gasteiger charge is -2.40. The summed E-state index contributed by atoms with van der Waals surface area (Å²) in [5, 5.41) is 5.07. The molecule has 0 aromatic heterocycles. The molecule has 2 unspecified atom stereocenters. The van der Waals surface area contributed by atoms with E-state index in [9.17, 15) is 8.42 Å². The molecule has 2 rings (SSSR count). The van der Waals surface area contributed by atoms with E-state index < -0.39 is 10.0 Å². The smallest absolute Gasteiger partial charge is 0.209 e. The van der Waals surface area contributed by atoms with Crippen LogP contribution in [0.3, 0.4) is 0 Å². The van der Waals surface area contributed by atoms with Crippen LogP contribution in [0.5, 0.6) is 5.75 Å². The first-order chi connectivity index (χ1) is 9.81. The van der Waals surface area contributed by atoms with Crippen LogP contribution in [-0.4, -0.2) is 38.8 Å². The van der Waals surface area contributed by atoms with Crippen molar-refractivity contribution in [3.05, 3.63) is 29.3 Å². The van der Waals surface area contributed by atoms with Crippen LogP contribution in [0.15, 0.2) is 18.2 Å². The third kappa shape index (κ3) is 3.96. The molecule has 0 fully saturated rings. The van der Waals surface area contributed by atoms with Crippen molar-refractivity contribution in [3.63, 3.8) is 0 Å². The zero-order chi connectivity index (χ0) is 15.6. The number of fused-ring (bicyclic) bond motifs is 1. The van der Waals surface area contributed by atoms with Crippen molar-refractivity contribution in [1.29, 1.82) is 0 Å². The number of sulfonamides is 1. The van der Waals surface area contributed by atoms with Crippen LogP contribution in [0.1, 0.15) is 37.4 Å². The molecular formula is C15H24N2O3S. The first-order valence-corrected chi connectivity index (χ1v) is 8.96. The van der Waals surface area contributed by atoms with Gasteiger partial charge in [-0.2, -0.15) is 0 Å². The number of nitrogens with two attached hydrogens (primary N) is 1. The van der Waals surface area contributed by atoms with Gasteiger partial charge in [-0.25, -0.2) is 13.6 Å². The molecule has 118 valence electrons. The maximum atomic E-state index is 11.1. The number of hydrogen-bond donors (Lipinski definition) is 1. The molecule has 0 saturated carbocycles. The number of benzene rings is 1. The second kappa shape index (κ2) is 6.34. The predicted molar refractivity (Wildman–Crippen MR) is 83.9 cm³/mol. The van der Waals surface area contributed by atoms with Gasteiger partial charge >= 0.3 is 0 Å². The third-order valence-electron chi connectivity index (χ3n) is 4.22. The van der Waals surface area contributed by atoms with Crippen molar-refractivity contribution < 1.29 is 13.2 Å². The zero-order valence-electron chi connectivity index (χ0n) is 12.9. The monoisotopic (exact) mass is 312 g/mol. The number of primary sulfonamides is 1. The number of ether oxygens (including phenoxy) is 1. The molecule has 1 heterocycles. The standard InChI is InChI=1S/C15H24N2O3S/c1-11-9-13-10-14(20-3)5-6-15(13)12(2)17(11)7-4-8-21(16,18)19/h5-6,10-12H,4,7-9H2,1-3H3,(H2,16,18,19). The normalized spacial score (nSPS) is 22.9. The summed E-state index contributed by atoms with van der Waals surface area (Å²) >= 11 is 0. The van der Waals surface area contributed by atoms with Gasteiger partial charge in [0.2, 0.25) is 10.0 Å². The largest absolute Gasteiger partial charge is 0.497 e. The predicted octanol–water partition coefficient (Wildman–Crippen LogP) is 1.68. The summed E-state index contributed by atoms with van der Waals surface area (Å²) in [5.41, 5.74) is 2.61. The van der Waals surface area contributed by atoms with Crippen LogP contribution in [0.4, 0.5) is 0 Å². The topological polar surface area (TPSA) is 72.6 Å². The van der Waals surface area contributed by atoms with E-state index in [-0.39, 0.29) is 11.8 Å². The Balaban J connectivity index is 2.11. The average Bonchev–Trinajstić information content (AvgIpc) is 2.40. The Hall–Kier alpha value is -1.11. The van der Waals surface area contributed by atoms with Gasteiger partial charge in [-0.05, 0) is 49.9 Å². The molecule has 0 bridgehead atoms. The maximum Gasteiger partial charge on any atom is 0.209 e. The summed E-state index contributed by atoms with van der Waals surface area (Å²) in [4.78, 5) is 2.35. The number of rotatable bonds is 5. The third-order valence-corrected chi connectivity index (χ3v) is 5.08. The molecule has 0 radical (unpaired) electrons. The fourth-order valence-electron chi connectivity index (χ4n) is 3.15. The fraction of sp³-hybridized carbons (Fsp3) is 0.600. The molecular weight excluding hydrogens is 288 g/mol. The van der Waals surface area contributed by atoms with Gasteiger partial charge in [-0.3, -0.25) is 4.90 Å². The minimum atomic E-state index is -3.37. The molecule has 5 nitrogen and oxygen atoms in total. The molecule has 1 aliphatic heterocycles. The summed E-state index contributed by atoms with van der Waals surface area (Å²) in [5.74, 6) is 0.925. The lowest BCUT2D eigenvalue weighted by Crippen LogP contribution is -2.42. The maximum absolute atomic E-state index is 11.1. The van der Waals surface area contributed by atoms with Gasteiger partial charge in [0.15, 0.2) is 0 Å². The quantitative estimate of drug-likeness (QED) is 0.898. The minimum Gasteiger partial charge on any atom is -0.497 e. The van der Waals surface area contributed by atoms with E-state index in [1.165, 1.54) is 11.1 Å². The van der Waals surface area contributed by atoms with Gasteiger partial charge in [0.25, 0.3) is 0 Å². The molecule has 0 saturated heterocycles. The van der Waals surface area contributed by atoms with E-state index >= 15 is 0 Å². The van der Waals surface area contributed by atoms with Crippen molar-refractivity contribution in [2.24, 2.45) is 5.14 Å². The Bertz CT molecular complexity index is 601. The highest BCUT2D eigenvalue weighted by Crippen LogP contribution is 2.34. The van der Waals surface area contributed by atoms with Gasteiger partial charge < -0.3 is 4.74 Å². The van der Waals surface area contributed by atoms with Crippen molar-refractivity contribution in [2.75, 3.05) is 19.4 Å². The molecule has 0 aliphatic carbocycles. The van der Waals surface area contributed by atoms with Gasteiger partial charge in [-0.15, -0.1) is 0 Å². The summed E-state index contributed by atoms with van der Waals surface area (Å²) < 4.78 is 27.4. The number of hydrogen-bond acceptors (Lipinski definition) is 4. The SMILES string of the molecule is COc1ccc2c(c1)CC(C)N(CCCS(N)(=O)=O)C2C. The van der Waals surface area contributed by atoms with E-state index in [2.05, 4.69) is 30.9 Å². The number of methoxy groups -OCH3 is 1. The van der Waals surface area contributed by atoms with Crippen LogP contribution < -0.4 is 9.88 Å². The molecule has 0 amide bonds. The first-order valence-electron chi connectivity index (χ1n) is 7.25. The zero-order valence-corrected chi connectivity index (χ0v) is 13.7. The Labute approximate surface area is 127 Å². The van der Waals surface area contributed by atoms with Gasteiger partial charge in [0, 0.05) is 18.6 Å². The Morgan fingerprint density at radius 1 is 1.38 bits per heavy atom. The second-order valence-electron chi connectivity index (χ2n) is 5.75. The highest BCUT2D eigenvalue weighted by atomic mass is 32.2. The average molecular weight is 312 g/mol. The van der Waals surface area contributed by atoms with E-state index in [0.29, 0.717) is 12.5 Å². The van der Waals surface area contributed by atoms with Crippen molar-refractivity contribution in [3.8, 4) is 5.75 Å². The summed E-state index contributed by atoms with van der Waals surface area (Å²) in [6.07, 6.45) is 1.52. The van der Waals surface area contributed by atoms with Crippen LogP contribution in [0, 0.1) is 0 Å². The lowest BCUT2D eigenvalue weighted by molar-refractivity contribution is 0.138. The first kappa shape index (κ1) is 16.3. The highest BCUT2D eigenvalue weighted by Gasteiger charge is 2.29. The van der Waals surface area contributed by atoms with Crippen LogP contribution in [0.25, 0.3) is 0 Å². The highest BCUT2D eigenvalue weighted by molar-refractivity contribution is 7.89. The summed E-state index contributed by atoms with van der Waals surface area (Å²) in [6.45, 7) is 5.08. The molecule has 2 N–H and O–H groups in total. The molecule has 1 aliphatic rings. The van der Waals surface area contributed by atoms with Crippen molar-refractivity contribution in [1.82, 2.24) is 4.90 Å². The van der Waals surface area contributed by atoms with Gasteiger partial charge in [0.05, 0.1) is 12.9 Å². The molecule has 2 atom stereocenters. The summed E-state index contributed by atoms with van der Waals surface area (Å²) in [6, 6.07) is 6.84. The van der Waals surface area contributed by atoms with E-state index in [0.717, 1.165) is 18.7 Å². The second-order valence-corrected chi connectivity index (χ2v) is 7.49. The Kier molecular flexibility index (Phi) is 4.91. The minimum absolute atomic E-state index is 0.0401. The van der Waals surface area contributed by atoms with E-state index in [4.69, 9.17) is 9.88 Å². The lowest BCUT2D eigenvalue weighted by atomic mass is 9.89. The van der Waals surface area contributed by atoms with E-state index in [1.54, 1.807) is 7.11 Å². The molecule has 21 heavy (non-hydrogen) atoms. The molecule has 0 spiro atoms. The van der Waals surface area contributed by atoms with Crippen LogP contribution in [0.2, 0.25) is 0 Å². The van der Waals surface area contributed by atoms with Crippen molar-refractivity contribution >= 4 is 10.0 Å². The fourth-order valence-corrected chi connectivity index (χ4v) is 3.68. The Morgan fingerprint density at radius 3 is 2.71 bits per heavy atom. The summed E-state index contributed by atoms with van der Waals surface area (Å²) in [7, 11) is -1.70. The Morgan fingerprint density at radius 2 is 2.10 bits per heavy atom. The van der Waals surface area contributed by atoms with Crippen molar-refractivity contribution in [2.45, 2.75) is 38.8 Å². The molecule has 6 heteroatoms. The van der Waals surface area contributed by atoms with Gasteiger partial charge in [-0.1, -0.05) is 6.07 Å². The molecule has 1 aromatic rings. The van der Waals surface area contributed by atoms with Gasteiger partial charge in [0.1, 0.15) is 5.75 Å². The molecule has 1 aromatic carbocycles. The van der Waals surface area contributed by atoms with Crippen LogP contribution >= 0.6 is 0 Å². The van der Waals surface area contributed by atoms with E-state index in [1.807, 2.05) is 6.07 Å². The van der Waals surface area contributed by atoms with Crippen LogP contribution in [-0.2, 0) is 16.4 Å². The number of nitrogens with zero attached hydrogens (tertiary/aromatic N) is 1.